The second-order valence-corrected chi connectivity index (χ2v) is 5.46. The SMILES string of the molecule is CCCNC(C1CCC1)C(OCC)c1ccccc1. The first-order valence-electron chi connectivity index (χ1n) is 7.76. The summed E-state index contributed by atoms with van der Waals surface area (Å²) in [6, 6.07) is 11.2. The van der Waals surface area contributed by atoms with Gasteiger partial charge in [0.05, 0.1) is 6.10 Å². The Kier molecular flexibility index (Phi) is 5.87. The van der Waals surface area contributed by atoms with E-state index >= 15 is 0 Å². The molecule has 2 rings (SSSR count). The van der Waals surface area contributed by atoms with Gasteiger partial charge in [0.15, 0.2) is 0 Å². The molecule has 1 aromatic rings. The van der Waals surface area contributed by atoms with Crippen LogP contribution in [0.2, 0.25) is 0 Å². The van der Waals surface area contributed by atoms with Gasteiger partial charge in [0.2, 0.25) is 0 Å². The molecule has 2 heteroatoms. The van der Waals surface area contributed by atoms with E-state index in [0.29, 0.717) is 6.04 Å². The number of nitrogens with one attached hydrogen (secondary N) is 1. The quantitative estimate of drug-likeness (QED) is 0.765. The zero-order chi connectivity index (χ0) is 13.5. The van der Waals surface area contributed by atoms with Crippen molar-refractivity contribution in [1.82, 2.24) is 5.32 Å². The van der Waals surface area contributed by atoms with Gasteiger partial charge in [-0.15, -0.1) is 0 Å². The Morgan fingerprint density at radius 2 is 1.95 bits per heavy atom. The van der Waals surface area contributed by atoms with E-state index in [9.17, 15) is 0 Å². The first kappa shape index (κ1) is 14.5. The maximum atomic E-state index is 6.08. The van der Waals surface area contributed by atoms with Crippen LogP contribution in [-0.4, -0.2) is 19.2 Å². The topological polar surface area (TPSA) is 21.3 Å². The minimum Gasteiger partial charge on any atom is -0.372 e. The molecule has 2 unspecified atom stereocenters. The van der Waals surface area contributed by atoms with Crippen molar-refractivity contribution >= 4 is 0 Å². The fourth-order valence-corrected chi connectivity index (χ4v) is 2.86. The van der Waals surface area contributed by atoms with Gasteiger partial charge < -0.3 is 10.1 Å². The largest absolute Gasteiger partial charge is 0.372 e. The maximum absolute atomic E-state index is 6.08. The van der Waals surface area contributed by atoms with Crippen molar-refractivity contribution < 1.29 is 4.74 Å². The molecule has 19 heavy (non-hydrogen) atoms. The Morgan fingerprint density at radius 1 is 1.21 bits per heavy atom. The number of hydrogen-bond acceptors (Lipinski definition) is 2. The monoisotopic (exact) mass is 261 g/mol. The summed E-state index contributed by atoms with van der Waals surface area (Å²) in [5.74, 6) is 0.781. The highest BCUT2D eigenvalue weighted by atomic mass is 16.5. The van der Waals surface area contributed by atoms with E-state index in [1.165, 1.54) is 31.2 Å². The Balaban J connectivity index is 2.12. The third-order valence-electron chi connectivity index (χ3n) is 4.09. The molecule has 0 aliphatic heterocycles. The second-order valence-electron chi connectivity index (χ2n) is 5.46. The molecule has 0 saturated heterocycles. The molecule has 0 radical (unpaired) electrons. The normalized spacial score (nSPS) is 18.8. The van der Waals surface area contributed by atoms with Crippen molar-refractivity contribution in [3.63, 3.8) is 0 Å². The van der Waals surface area contributed by atoms with Gasteiger partial charge in [0.25, 0.3) is 0 Å². The number of hydrogen-bond donors (Lipinski definition) is 1. The van der Waals surface area contributed by atoms with Gasteiger partial charge in [0.1, 0.15) is 0 Å². The lowest BCUT2D eigenvalue weighted by Gasteiger charge is -2.39. The van der Waals surface area contributed by atoms with Gasteiger partial charge in [-0.05, 0) is 44.2 Å². The predicted octanol–water partition coefficient (Wildman–Crippen LogP) is 3.93. The van der Waals surface area contributed by atoms with Gasteiger partial charge in [-0.1, -0.05) is 43.7 Å². The summed E-state index contributed by atoms with van der Waals surface area (Å²) < 4.78 is 6.08. The summed E-state index contributed by atoms with van der Waals surface area (Å²) in [4.78, 5) is 0. The van der Waals surface area contributed by atoms with Crippen LogP contribution in [0.5, 0.6) is 0 Å². The third-order valence-corrected chi connectivity index (χ3v) is 4.09. The molecule has 1 fully saturated rings. The lowest BCUT2D eigenvalue weighted by Crippen LogP contribution is -2.45. The van der Waals surface area contributed by atoms with E-state index in [1.54, 1.807) is 0 Å². The van der Waals surface area contributed by atoms with Crippen LogP contribution in [0.1, 0.15) is 51.2 Å². The molecular weight excluding hydrogens is 234 g/mol. The molecule has 0 heterocycles. The van der Waals surface area contributed by atoms with Crippen LogP contribution < -0.4 is 5.32 Å². The molecule has 2 atom stereocenters. The first-order valence-corrected chi connectivity index (χ1v) is 7.76. The Morgan fingerprint density at radius 3 is 2.47 bits per heavy atom. The van der Waals surface area contributed by atoms with Crippen LogP contribution in [-0.2, 0) is 4.74 Å². The maximum Gasteiger partial charge on any atom is 0.0980 e. The molecule has 1 aromatic carbocycles. The van der Waals surface area contributed by atoms with E-state index in [2.05, 4.69) is 49.5 Å². The van der Waals surface area contributed by atoms with Crippen molar-refractivity contribution in [2.24, 2.45) is 5.92 Å². The Bertz CT molecular complexity index is 348. The smallest absolute Gasteiger partial charge is 0.0980 e. The lowest BCUT2D eigenvalue weighted by atomic mass is 9.76. The van der Waals surface area contributed by atoms with Gasteiger partial charge in [0, 0.05) is 12.6 Å². The van der Waals surface area contributed by atoms with E-state index in [1.807, 2.05) is 0 Å². The predicted molar refractivity (Wildman–Crippen MR) is 80.2 cm³/mol. The van der Waals surface area contributed by atoms with Crippen molar-refractivity contribution in [1.29, 1.82) is 0 Å². The van der Waals surface area contributed by atoms with Crippen molar-refractivity contribution in [2.75, 3.05) is 13.2 Å². The lowest BCUT2D eigenvalue weighted by molar-refractivity contribution is 0.00242. The minimum absolute atomic E-state index is 0.197. The molecule has 2 nitrogen and oxygen atoms in total. The van der Waals surface area contributed by atoms with Crippen LogP contribution in [0.3, 0.4) is 0 Å². The summed E-state index contributed by atoms with van der Waals surface area (Å²) in [5, 5.41) is 3.73. The van der Waals surface area contributed by atoms with E-state index in [0.717, 1.165) is 19.1 Å². The molecule has 0 amide bonds. The number of benzene rings is 1. The first-order chi connectivity index (χ1) is 9.36. The highest BCUT2D eigenvalue weighted by Gasteiger charge is 2.34. The molecule has 0 bridgehead atoms. The number of rotatable bonds is 8. The molecule has 106 valence electrons. The molecule has 1 aliphatic rings. The van der Waals surface area contributed by atoms with Gasteiger partial charge in [-0.25, -0.2) is 0 Å². The highest BCUT2D eigenvalue weighted by Crippen LogP contribution is 2.36. The van der Waals surface area contributed by atoms with E-state index in [-0.39, 0.29) is 6.10 Å². The minimum atomic E-state index is 0.197. The van der Waals surface area contributed by atoms with E-state index in [4.69, 9.17) is 4.74 Å². The van der Waals surface area contributed by atoms with Crippen molar-refractivity contribution in [3.05, 3.63) is 35.9 Å². The third kappa shape index (κ3) is 3.80. The molecule has 1 aliphatic carbocycles. The van der Waals surface area contributed by atoms with Gasteiger partial charge in [-0.3, -0.25) is 0 Å². The molecule has 1 saturated carbocycles. The van der Waals surface area contributed by atoms with Gasteiger partial charge in [-0.2, -0.15) is 0 Å². The Labute approximate surface area is 117 Å². The van der Waals surface area contributed by atoms with Crippen LogP contribution in [0.25, 0.3) is 0 Å². The van der Waals surface area contributed by atoms with Crippen LogP contribution in [0.15, 0.2) is 30.3 Å². The summed E-state index contributed by atoms with van der Waals surface area (Å²) >= 11 is 0. The average molecular weight is 261 g/mol. The standard InChI is InChI=1S/C17H27NO/c1-3-13-18-16(14-11-8-12-14)17(19-4-2)15-9-6-5-7-10-15/h5-7,9-10,14,16-18H,3-4,8,11-13H2,1-2H3. The second kappa shape index (κ2) is 7.66. The average Bonchev–Trinajstić information content (AvgIpc) is 2.40. The molecule has 1 N–H and O–H groups in total. The number of ether oxygens (including phenoxy) is 1. The summed E-state index contributed by atoms with van der Waals surface area (Å²) in [6.45, 7) is 6.17. The van der Waals surface area contributed by atoms with Crippen LogP contribution >= 0.6 is 0 Å². The van der Waals surface area contributed by atoms with Gasteiger partial charge >= 0.3 is 0 Å². The van der Waals surface area contributed by atoms with Crippen molar-refractivity contribution in [3.8, 4) is 0 Å². The molecular formula is C17H27NO. The summed E-state index contributed by atoms with van der Waals surface area (Å²) in [5.41, 5.74) is 1.31. The van der Waals surface area contributed by atoms with E-state index < -0.39 is 0 Å². The fourth-order valence-electron chi connectivity index (χ4n) is 2.86. The molecule has 0 spiro atoms. The van der Waals surface area contributed by atoms with Crippen LogP contribution in [0, 0.1) is 5.92 Å². The summed E-state index contributed by atoms with van der Waals surface area (Å²) in [6.07, 6.45) is 5.44. The van der Waals surface area contributed by atoms with Crippen molar-refractivity contribution in [2.45, 2.75) is 51.7 Å². The zero-order valence-corrected chi connectivity index (χ0v) is 12.3. The zero-order valence-electron chi connectivity index (χ0n) is 12.3. The van der Waals surface area contributed by atoms with Crippen LogP contribution in [0.4, 0.5) is 0 Å². The summed E-state index contributed by atoms with van der Waals surface area (Å²) in [7, 11) is 0. The highest BCUT2D eigenvalue weighted by molar-refractivity contribution is 5.20. The Hall–Kier alpha value is -0.860. The molecule has 0 aromatic heterocycles. The fraction of sp³-hybridized carbons (Fsp3) is 0.647.